The zero-order valence-electron chi connectivity index (χ0n) is 8.04. The first kappa shape index (κ1) is 10.5. The lowest BCUT2D eigenvalue weighted by Gasteiger charge is -2.07. The van der Waals surface area contributed by atoms with Crippen molar-refractivity contribution in [2.75, 3.05) is 20.9 Å². The molecule has 1 aromatic carbocycles. The van der Waals surface area contributed by atoms with Gasteiger partial charge >= 0.3 is 0 Å². The van der Waals surface area contributed by atoms with Crippen molar-refractivity contribution in [2.45, 2.75) is 0 Å². The van der Waals surface area contributed by atoms with E-state index in [4.69, 9.17) is 9.47 Å². The van der Waals surface area contributed by atoms with Gasteiger partial charge < -0.3 is 9.47 Å². The Kier molecular flexibility index (Phi) is 3.45. The molecule has 14 heavy (non-hydrogen) atoms. The number of ketones is 1. The van der Waals surface area contributed by atoms with Crippen LogP contribution in [0.4, 0.5) is 4.39 Å². The molecule has 0 heterocycles. The summed E-state index contributed by atoms with van der Waals surface area (Å²) in [6, 6.07) is 4.53. The van der Waals surface area contributed by atoms with E-state index in [0.29, 0.717) is 11.5 Å². The van der Waals surface area contributed by atoms with Crippen molar-refractivity contribution < 1.29 is 18.7 Å². The van der Waals surface area contributed by atoms with Crippen molar-refractivity contribution in [3.8, 4) is 11.5 Å². The molecule has 0 atom stereocenters. The minimum atomic E-state index is -1.00. The molecule has 0 N–H and O–H groups in total. The van der Waals surface area contributed by atoms with Gasteiger partial charge in [0.05, 0.1) is 14.2 Å². The van der Waals surface area contributed by atoms with Crippen LogP contribution in [-0.2, 0) is 0 Å². The Bertz CT molecular complexity index is 336. The van der Waals surface area contributed by atoms with Gasteiger partial charge in [-0.3, -0.25) is 4.79 Å². The molecule has 0 aliphatic rings. The van der Waals surface area contributed by atoms with Gasteiger partial charge in [-0.25, -0.2) is 4.39 Å². The molecular weight excluding hydrogens is 187 g/mol. The molecule has 0 radical (unpaired) electrons. The number of benzene rings is 1. The van der Waals surface area contributed by atoms with Crippen molar-refractivity contribution in [1.82, 2.24) is 0 Å². The zero-order valence-corrected chi connectivity index (χ0v) is 8.04. The van der Waals surface area contributed by atoms with Crippen LogP contribution >= 0.6 is 0 Å². The molecule has 3 nitrogen and oxygen atoms in total. The number of hydrogen-bond donors (Lipinski definition) is 0. The summed E-state index contributed by atoms with van der Waals surface area (Å²) in [6.45, 7) is -1.00. The van der Waals surface area contributed by atoms with E-state index in [-0.39, 0.29) is 5.56 Å². The fourth-order valence-corrected chi connectivity index (χ4v) is 1.09. The van der Waals surface area contributed by atoms with Gasteiger partial charge in [0.25, 0.3) is 0 Å². The topological polar surface area (TPSA) is 35.5 Å². The van der Waals surface area contributed by atoms with Crippen molar-refractivity contribution >= 4 is 5.78 Å². The van der Waals surface area contributed by atoms with E-state index in [1.165, 1.54) is 26.4 Å². The van der Waals surface area contributed by atoms with Crippen LogP contribution in [0.1, 0.15) is 10.4 Å². The minimum absolute atomic E-state index is 0.283. The molecule has 0 unspecified atom stereocenters. The van der Waals surface area contributed by atoms with Crippen LogP contribution in [0.5, 0.6) is 11.5 Å². The fraction of sp³-hybridized carbons (Fsp3) is 0.300. The summed E-state index contributed by atoms with van der Waals surface area (Å²) >= 11 is 0. The number of carbonyl (C=O) groups excluding carboxylic acids is 1. The van der Waals surface area contributed by atoms with Gasteiger partial charge in [0.2, 0.25) is 0 Å². The summed E-state index contributed by atoms with van der Waals surface area (Å²) in [5.74, 6) is 0.376. The molecule has 0 saturated heterocycles. The molecule has 0 saturated carbocycles. The maximum Gasteiger partial charge on any atom is 0.193 e. The number of methoxy groups -OCH3 is 2. The van der Waals surface area contributed by atoms with Gasteiger partial charge in [-0.1, -0.05) is 0 Å². The predicted octanol–water partition coefficient (Wildman–Crippen LogP) is 1.86. The fourth-order valence-electron chi connectivity index (χ4n) is 1.09. The first-order valence-corrected chi connectivity index (χ1v) is 4.04. The molecule has 0 bridgehead atoms. The van der Waals surface area contributed by atoms with Crippen LogP contribution < -0.4 is 9.47 Å². The Morgan fingerprint density at radius 1 is 1.29 bits per heavy atom. The number of Topliss-reactive ketones (excluding diaryl/α,β-unsaturated/α-hetero) is 1. The molecule has 4 heteroatoms. The van der Waals surface area contributed by atoms with Crippen molar-refractivity contribution in [1.29, 1.82) is 0 Å². The summed E-state index contributed by atoms with van der Waals surface area (Å²) in [4.78, 5) is 11.0. The summed E-state index contributed by atoms with van der Waals surface area (Å²) < 4.78 is 22.0. The molecule has 0 amide bonds. The molecule has 0 fully saturated rings. The first-order valence-electron chi connectivity index (χ1n) is 4.04. The molecule has 0 spiro atoms. The third-order valence-corrected chi connectivity index (χ3v) is 1.83. The van der Waals surface area contributed by atoms with Gasteiger partial charge in [0.15, 0.2) is 24.0 Å². The first-order chi connectivity index (χ1) is 6.72. The number of halogens is 1. The standard InChI is InChI=1S/C10H11FO3/c1-13-9-4-3-7(8(12)6-11)5-10(9)14-2/h3-5H,6H2,1-2H3. The number of alkyl halides is 1. The average molecular weight is 198 g/mol. The second kappa shape index (κ2) is 4.60. The highest BCUT2D eigenvalue weighted by Crippen LogP contribution is 2.27. The molecule has 0 aromatic heterocycles. The molecule has 1 aromatic rings. The lowest BCUT2D eigenvalue weighted by molar-refractivity contribution is 0.0958. The Balaban J connectivity index is 3.07. The highest BCUT2D eigenvalue weighted by Gasteiger charge is 2.09. The number of rotatable bonds is 4. The Morgan fingerprint density at radius 3 is 2.43 bits per heavy atom. The summed E-state index contributed by atoms with van der Waals surface area (Å²) in [6.07, 6.45) is 0. The second-order valence-corrected chi connectivity index (χ2v) is 2.63. The van der Waals surface area contributed by atoms with E-state index in [1.807, 2.05) is 0 Å². The van der Waals surface area contributed by atoms with E-state index < -0.39 is 12.5 Å². The van der Waals surface area contributed by atoms with Gasteiger partial charge in [-0.2, -0.15) is 0 Å². The largest absolute Gasteiger partial charge is 0.493 e. The number of carbonyl (C=O) groups is 1. The van der Waals surface area contributed by atoms with Gasteiger partial charge in [-0.15, -0.1) is 0 Å². The molecule has 1 rings (SSSR count). The smallest absolute Gasteiger partial charge is 0.193 e. The number of hydrogen-bond acceptors (Lipinski definition) is 3. The second-order valence-electron chi connectivity index (χ2n) is 2.63. The van der Waals surface area contributed by atoms with Crippen molar-refractivity contribution in [2.24, 2.45) is 0 Å². The normalized spacial score (nSPS) is 9.64. The summed E-state index contributed by atoms with van der Waals surface area (Å²) in [7, 11) is 2.95. The SMILES string of the molecule is COc1ccc(C(=O)CF)cc1OC. The third kappa shape index (κ3) is 2.02. The maximum absolute atomic E-state index is 12.1. The van der Waals surface area contributed by atoms with E-state index in [0.717, 1.165) is 0 Å². The van der Waals surface area contributed by atoms with Crippen molar-refractivity contribution in [3.05, 3.63) is 23.8 Å². The zero-order chi connectivity index (χ0) is 10.6. The Morgan fingerprint density at radius 2 is 1.93 bits per heavy atom. The lowest BCUT2D eigenvalue weighted by Crippen LogP contribution is -2.01. The van der Waals surface area contributed by atoms with E-state index >= 15 is 0 Å². The predicted molar refractivity (Wildman–Crippen MR) is 49.9 cm³/mol. The van der Waals surface area contributed by atoms with E-state index in [2.05, 4.69) is 0 Å². The van der Waals surface area contributed by atoms with Gasteiger partial charge in [0, 0.05) is 5.56 Å². The maximum atomic E-state index is 12.1. The Labute approximate surface area is 81.4 Å². The van der Waals surface area contributed by atoms with Crippen LogP contribution in [0.25, 0.3) is 0 Å². The van der Waals surface area contributed by atoms with Crippen LogP contribution in [0.3, 0.4) is 0 Å². The van der Waals surface area contributed by atoms with E-state index in [1.54, 1.807) is 6.07 Å². The highest BCUT2D eigenvalue weighted by molar-refractivity contribution is 5.97. The van der Waals surface area contributed by atoms with Gasteiger partial charge in [-0.05, 0) is 18.2 Å². The lowest BCUT2D eigenvalue weighted by atomic mass is 10.1. The van der Waals surface area contributed by atoms with Crippen LogP contribution in [0, 0.1) is 0 Å². The van der Waals surface area contributed by atoms with Crippen molar-refractivity contribution in [3.63, 3.8) is 0 Å². The Hall–Kier alpha value is -1.58. The van der Waals surface area contributed by atoms with Crippen LogP contribution in [0.2, 0.25) is 0 Å². The third-order valence-electron chi connectivity index (χ3n) is 1.83. The monoisotopic (exact) mass is 198 g/mol. The summed E-state index contributed by atoms with van der Waals surface area (Å²) in [5, 5.41) is 0. The average Bonchev–Trinajstić information content (AvgIpc) is 2.26. The molecule has 0 aliphatic carbocycles. The van der Waals surface area contributed by atoms with Gasteiger partial charge in [0.1, 0.15) is 0 Å². The van der Waals surface area contributed by atoms with E-state index in [9.17, 15) is 9.18 Å². The highest BCUT2D eigenvalue weighted by atomic mass is 19.1. The minimum Gasteiger partial charge on any atom is -0.493 e. The number of ether oxygens (including phenoxy) is 2. The quantitative estimate of drug-likeness (QED) is 0.692. The van der Waals surface area contributed by atoms with Crippen LogP contribution in [0.15, 0.2) is 18.2 Å². The molecule has 0 aliphatic heterocycles. The summed E-state index contributed by atoms with van der Waals surface area (Å²) in [5.41, 5.74) is 0.283. The van der Waals surface area contributed by atoms with Crippen LogP contribution in [-0.4, -0.2) is 26.7 Å². The molecular formula is C10H11FO3. The molecule has 76 valence electrons.